The average molecular weight is 386 g/mol. The molecule has 5 N–H and O–H groups in total. The maximum absolute atomic E-state index is 11.5. The normalized spacial score (nSPS) is 14.8. The van der Waals surface area contributed by atoms with Crippen molar-refractivity contribution in [3.05, 3.63) is 47.5 Å². The van der Waals surface area contributed by atoms with Crippen LogP contribution in [0.1, 0.15) is 37.5 Å². The van der Waals surface area contributed by atoms with Crippen LogP contribution in [0.3, 0.4) is 0 Å². The van der Waals surface area contributed by atoms with Crippen molar-refractivity contribution in [3.63, 3.8) is 0 Å². The van der Waals surface area contributed by atoms with E-state index in [-0.39, 0.29) is 36.1 Å². The molecule has 1 heterocycles. The number of benzene rings is 2. The number of carbonyl (C=O) groups is 1. The van der Waals surface area contributed by atoms with Gasteiger partial charge < -0.3 is 30.7 Å². The molecule has 0 aliphatic carbocycles. The number of aromatic hydroxyl groups is 2. The summed E-state index contributed by atoms with van der Waals surface area (Å²) in [5, 5.41) is 36.1. The summed E-state index contributed by atoms with van der Waals surface area (Å²) in [6, 6.07) is 10.0. The molecule has 0 aromatic heterocycles. The van der Waals surface area contributed by atoms with Gasteiger partial charge in [-0.05, 0) is 50.5 Å². The molecule has 1 aliphatic rings. The van der Waals surface area contributed by atoms with E-state index in [9.17, 15) is 20.1 Å². The number of hydrogen-bond donors (Lipinski definition) is 5. The topological polar surface area (TPSA) is 111 Å². The van der Waals surface area contributed by atoms with Crippen molar-refractivity contribution in [2.45, 2.75) is 38.3 Å². The van der Waals surface area contributed by atoms with Crippen LogP contribution >= 0.6 is 0 Å². The van der Waals surface area contributed by atoms with E-state index in [0.29, 0.717) is 17.0 Å². The Balaban J connectivity index is 1.63. The Bertz CT molecular complexity index is 866. The number of phenols is 2. The van der Waals surface area contributed by atoms with E-state index in [0.717, 1.165) is 18.4 Å². The molecule has 0 fully saturated rings. The number of hydrogen-bond acceptors (Lipinski definition) is 6. The van der Waals surface area contributed by atoms with Gasteiger partial charge in [0.1, 0.15) is 17.2 Å². The summed E-state index contributed by atoms with van der Waals surface area (Å²) in [7, 11) is 0. The Morgan fingerprint density at radius 3 is 2.75 bits per heavy atom. The molecule has 1 aliphatic heterocycles. The highest BCUT2D eigenvalue weighted by atomic mass is 16.5. The number of fused-ring (bicyclic) bond motifs is 1. The van der Waals surface area contributed by atoms with Crippen molar-refractivity contribution in [3.8, 4) is 17.2 Å². The smallest absolute Gasteiger partial charge is 0.262 e. The number of nitrogens with one attached hydrogen (secondary N) is 2. The number of carbonyl (C=O) groups excluding carboxylic acids is 1. The first-order valence-electron chi connectivity index (χ1n) is 9.24. The molecule has 28 heavy (non-hydrogen) atoms. The van der Waals surface area contributed by atoms with Gasteiger partial charge in [0.15, 0.2) is 6.61 Å². The van der Waals surface area contributed by atoms with E-state index >= 15 is 0 Å². The van der Waals surface area contributed by atoms with Crippen LogP contribution in [0, 0.1) is 0 Å². The number of amides is 1. The molecule has 2 aromatic carbocycles. The Morgan fingerprint density at radius 1 is 1.21 bits per heavy atom. The maximum atomic E-state index is 11.5. The third-order valence-electron chi connectivity index (χ3n) is 4.81. The van der Waals surface area contributed by atoms with Crippen LogP contribution in [0.15, 0.2) is 36.4 Å². The minimum Gasteiger partial charge on any atom is -0.508 e. The molecular weight excluding hydrogens is 360 g/mol. The number of aliphatic hydroxyl groups excluding tert-OH is 1. The second-order valence-corrected chi connectivity index (χ2v) is 7.70. The minimum atomic E-state index is -0.920. The molecule has 2 aromatic rings. The first-order valence-corrected chi connectivity index (χ1v) is 9.24. The van der Waals surface area contributed by atoms with Crippen LogP contribution in [-0.4, -0.2) is 39.9 Å². The van der Waals surface area contributed by atoms with Gasteiger partial charge in [0.25, 0.3) is 5.91 Å². The zero-order valence-electron chi connectivity index (χ0n) is 16.0. The third kappa shape index (κ3) is 4.94. The Morgan fingerprint density at radius 2 is 2.00 bits per heavy atom. The van der Waals surface area contributed by atoms with Gasteiger partial charge >= 0.3 is 0 Å². The molecule has 0 saturated carbocycles. The fraction of sp³-hybridized carbons (Fsp3) is 0.381. The summed E-state index contributed by atoms with van der Waals surface area (Å²) in [6.45, 7) is 4.20. The Labute approximate surface area is 164 Å². The molecule has 0 radical (unpaired) electrons. The zero-order valence-corrected chi connectivity index (χ0v) is 16.0. The van der Waals surface area contributed by atoms with Gasteiger partial charge in [-0.25, -0.2) is 0 Å². The lowest BCUT2D eigenvalue weighted by Gasteiger charge is -2.29. The van der Waals surface area contributed by atoms with Crippen LogP contribution in [0.25, 0.3) is 0 Å². The molecule has 1 unspecified atom stereocenters. The molecule has 3 rings (SSSR count). The summed E-state index contributed by atoms with van der Waals surface area (Å²) < 4.78 is 5.46. The van der Waals surface area contributed by atoms with Crippen molar-refractivity contribution in [1.82, 2.24) is 5.32 Å². The second kappa shape index (κ2) is 8.08. The predicted octanol–water partition coefficient (Wildman–Crippen LogP) is 2.46. The largest absolute Gasteiger partial charge is 0.508 e. The SMILES string of the molecule is CC(C)(CCc1cccc(O)c1)NCC(O)c1cc(O)cc2c1OCC(=O)N2. The van der Waals surface area contributed by atoms with E-state index in [1.807, 2.05) is 26.0 Å². The van der Waals surface area contributed by atoms with E-state index in [4.69, 9.17) is 4.74 Å². The molecule has 1 amide bonds. The van der Waals surface area contributed by atoms with Crippen LogP contribution in [0.2, 0.25) is 0 Å². The van der Waals surface area contributed by atoms with Crippen LogP contribution < -0.4 is 15.4 Å². The lowest BCUT2D eigenvalue weighted by molar-refractivity contribution is -0.118. The van der Waals surface area contributed by atoms with Gasteiger partial charge in [-0.3, -0.25) is 4.79 Å². The standard InChI is InChI=1S/C21H26N2O5/c1-21(2,7-6-13-4-3-5-14(24)8-13)22-11-18(26)16-9-15(25)10-17-20(16)28-12-19(27)23-17/h3-5,8-10,18,22,24-26H,6-7,11-12H2,1-2H3,(H,23,27). The molecule has 0 bridgehead atoms. The van der Waals surface area contributed by atoms with Gasteiger partial charge in [0.05, 0.1) is 11.8 Å². The maximum Gasteiger partial charge on any atom is 0.262 e. The zero-order chi connectivity index (χ0) is 20.3. The summed E-state index contributed by atoms with van der Waals surface area (Å²) in [5.41, 5.74) is 1.56. The number of anilines is 1. The van der Waals surface area contributed by atoms with Gasteiger partial charge in [-0.1, -0.05) is 12.1 Å². The summed E-state index contributed by atoms with van der Waals surface area (Å²) in [6.07, 6.45) is 0.658. The number of phenolic OH excluding ortho intramolecular Hbond substituents is 2. The van der Waals surface area contributed by atoms with E-state index in [1.165, 1.54) is 12.1 Å². The van der Waals surface area contributed by atoms with Crippen LogP contribution in [0.5, 0.6) is 17.2 Å². The quantitative estimate of drug-likeness (QED) is 0.500. The van der Waals surface area contributed by atoms with Gasteiger partial charge in [-0.2, -0.15) is 0 Å². The number of β-amino-alcohol motifs (C(OH)–C–C–N with tert-alkyl or cyclic N) is 1. The first kappa shape index (κ1) is 20.0. The predicted molar refractivity (Wildman–Crippen MR) is 106 cm³/mol. The van der Waals surface area contributed by atoms with Crippen molar-refractivity contribution in [2.75, 3.05) is 18.5 Å². The van der Waals surface area contributed by atoms with Crippen molar-refractivity contribution in [1.29, 1.82) is 0 Å². The third-order valence-corrected chi connectivity index (χ3v) is 4.81. The van der Waals surface area contributed by atoms with Gasteiger partial charge in [0.2, 0.25) is 0 Å². The highest BCUT2D eigenvalue weighted by Crippen LogP contribution is 2.38. The number of ether oxygens (including phenoxy) is 1. The van der Waals surface area contributed by atoms with Gasteiger partial charge in [-0.15, -0.1) is 0 Å². The van der Waals surface area contributed by atoms with E-state index in [1.54, 1.807) is 12.1 Å². The molecule has 7 nitrogen and oxygen atoms in total. The molecule has 0 saturated heterocycles. The lowest BCUT2D eigenvalue weighted by atomic mass is 9.94. The average Bonchev–Trinajstić information content (AvgIpc) is 2.64. The van der Waals surface area contributed by atoms with Crippen LogP contribution in [-0.2, 0) is 11.2 Å². The number of rotatable bonds is 7. The van der Waals surface area contributed by atoms with Gasteiger partial charge in [0, 0.05) is 23.7 Å². The van der Waals surface area contributed by atoms with Crippen molar-refractivity contribution < 1.29 is 24.9 Å². The number of aliphatic hydroxyl groups is 1. The number of aryl methyl sites for hydroxylation is 1. The summed E-state index contributed by atoms with van der Waals surface area (Å²) in [5.74, 6) is 0.273. The monoisotopic (exact) mass is 386 g/mol. The van der Waals surface area contributed by atoms with E-state index < -0.39 is 6.10 Å². The second-order valence-electron chi connectivity index (χ2n) is 7.70. The first-order chi connectivity index (χ1) is 13.2. The van der Waals surface area contributed by atoms with Crippen molar-refractivity contribution >= 4 is 11.6 Å². The Kier molecular flexibility index (Phi) is 5.76. The molecule has 7 heteroatoms. The van der Waals surface area contributed by atoms with E-state index in [2.05, 4.69) is 10.6 Å². The summed E-state index contributed by atoms with van der Waals surface area (Å²) in [4.78, 5) is 11.5. The highest BCUT2D eigenvalue weighted by molar-refractivity contribution is 5.96. The highest BCUT2D eigenvalue weighted by Gasteiger charge is 2.26. The summed E-state index contributed by atoms with van der Waals surface area (Å²) >= 11 is 0. The Hall–Kier alpha value is -2.77. The van der Waals surface area contributed by atoms with Crippen LogP contribution in [0.4, 0.5) is 5.69 Å². The van der Waals surface area contributed by atoms with Crippen molar-refractivity contribution in [2.24, 2.45) is 0 Å². The molecular formula is C21H26N2O5. The lowest BCUT2D eigenvalue weighted by Crippen LogP contribution is -2.42. The fourth-order valence-corrected chi connectivity index (χ4v) is 3.20. The molecule has 0 spiro atoms. The fourth-order valence-electron chi connectivity index (χ4n) is 3.20. The molecule has 1 atom stereocenters. The molecule has 150 valence electrons. The minimum absolute atomic E-state index is 0.0539.